The maximum Gasteiger partial charge on any atom is 0.320 e. The van der Waals surface area contributed by atoms with Crippen molar-refractivity contribution in [2.24, 2.45) is 5.92 Å². The van der Waals surface area contributed by atoms with Crippen LogP contribution in [-0.4, -0.2) is 48.8 Å². The molecule has 2 fully saturated rings. The van der Waals surface area contributed by atoms with Crippen molar-refractivity contribution in [1.29, 1.82) is 0 Å². The highest BCUT2D eigenvalue weighted by Gasteiger charge is 2.56. The number of nitrogens with one attached hydrogen (secondary N) is 1. The van der Waals surface area contributed by atoms with Gasteiger partial charge in [0.2, 0.25) is 5.79 Å². The SMILES string of the molecule is CCOC(=O)CN1CC[C@@H]2C[C@@H]1c1c([nH]c3ccccc13)C21OCCO1. The van der Waals surface area contributed by atoms with Crippen LogP contribution in [0.3, 0.4) is 0 Å². The third-order valence-corrected chi connectivity index (χ3v) is 6.03. The van der Waals surface area contributed by atoms with Crippen LogP contribution < -0.4 is 0 Å². The summed E-state index contributed by atoms with van der Waals surface area (Å²) in [6.07, 6.45) is 1.89. The first kappa shape index (κ1) is 16.3. The molecule has 2 saturated heterocycles. The lowest BCUT2D eigenvalue weighted by molar-refractivity contribution is -0.229. The standard InChI is InChI=1S/C20H24N2O4/c1-2-24-17(23)12-22-8-7-13-11-16(22)18-14-5-3-4-6-15(14)21-19(18)20(13)25-9-10-26-20/h3-6,13,16,21H,2,7-12H2,1H3/t13-,16-/m1/s1. The second kappa shape index (κ2) is 6.08. The lowest BCUT2D eigenvalue weighted by atomic mass is 9.73. The minimum atomic E-state index is -0.652. The van der Waals surface area contributed by atoms with Gasteiger partial charge in [0.25, 0.3) is 0 Å². The van der Waals surface area contributed by atoms with E-state index in [4.69, 9.17) is 14.2 Å². The molecule has 2 bridgehead atoms. The molecule has 138 valence electrons. The first-order valence-corrected chi connectivity index (χ1v) is 9.51. The van der Waals surface area contributed by atoms with E-state index in [9.17, 15) is 4.79 Å². The molecule has 0 amide bonds. The van der Waals surface area contributed by atoms with Gasteiger partial charge in [0.1, 0.15) is 0 Å². The van der Waals surface area contributed by atoms with Crippen LogP contribution >= 0.6 is 0 Å². The summed E-state index contributed by atoms with van der Waals surface area (Å²) in [5.74, 6) is -0.504. The van der Waals surface area contributed by atoms with Crippen LogP contribution in [0.5, 0.6) is 0 Å². The number of likely N-dealkylation sites (tertiary alicyclic amines) is 1. The van der Waals surface area contributed by atoms with Gasteiger partial charge in [-0.1, -0.05) is 18.2 Å². The lowest BCUT2D eigenvalue weighted by Gasteiger charge is -2.49. The molecule has 2 aliphatic heterocycles. The predicted molar refractivity (Wildman–Crippen MR) is 95.6 cm³/mol. The average Bonchev–Trinajstić information content (AvgIpc) is 3.27. The van der Waals surface area contributed by atoms with Gasteiger partial charge in [0.05, 0.1) is 32.1 Å². The number of H-pyrrole nitrogens is 1. The van der Waals surface area contributed by atoms with Gasteiger partial charge >= 0.3 is 5.97 Å². The summed E-state index contributed by atoms with van der Waals surface area (Å²) >= 11 is 0. The van der Waals surface area contributed by atoms with Gasteiger partial charge in [-0.3, -0.25) is 9.69 Å². The summed E-state index contributed by atoms with van der Waals surface area (Å²) in [6.45, 7) is 4.70. The molecule has 2 aromatic rings. The first-order valence-electron chi connectivity index (χ1n) is 9.51. The molecule has 1 aliphatic carbocycles. The van der Waals surface area contributed by atoms with Crippen molar-refractivity contribution in [3.05, 3.63) is 35.5 Å². The number of rotatable bonds is 3. The fourth-order valence-electron chi connectivity index (χ4n) is 5.02. The van der Waals surface area contributed by atoms with Crippen LogP contribution in [0.15, 0.2) is 24.3 Å². The fraction of sp³-hybridized carbons (Fsp3) is 0.550. The highest BCUT2D eigenvalue weighted by Crippen LogP contribution is 2.55. The Morgan fingerprint density at radius 1 is 1.35 bits per heavy atom. The molecule has 0 saturated carbocycles. The van der Waals surface area contributed by atoms with Crippen LogP contribution in [-0.2, 0) is 24.8 Å². The van der Waals surface area contributed by atoms with E-state index in [1.54, 1.807) is 0 Å². The zero-order chi connectivity index (χ0) is 17.7. The summed E-state index contributed by atoms with van der Waals surface area (Å²) in [5, 5.41) is 1.19. The van der Waals surface area contributed by atoms with Gasteiger partial charge in [-0.2, -0.15) is 0 Å². The number of carbonyl (C=O) groups excluding carboxylic acids is 1. The number of ether oxygens (including phenoxy) is 3. The Bertz CT molecular complexity index is 839. The van der Waals surface area contributed by atoms with Gasteiger partial charge in [-0.25, -0.2) is 0 Å². The summed E-state index contributed by atoms with van der Waals surface area (Å²) in [4.78, 5) is 18.0. The Kier molecular flexibility index (Phi) is 3.81. The van der Waals surface area contributed by atoms with E-state index in [1.165, 1.54) is 10.9 Å². The molecule has 0 radical (unpaired) electrons. The minimum absolute atomic E-state index is 0.152. The molecule has 6 heteroatoms. The quantitative estimate of drug-likeness (QED) is 0.857. The van der Waals surface area contributed by atoms with Crippen molar-refractivity contribution >= 4 is 16.9 Å². The molecule has 26 heavy (non-hydrogen) atoms. The number of piperidine rings is 1. The molecule has 1 spiro atoms. The number of carbonyl (C=O) groups is 1. The summed E-state index contributed by atoms with van der Waals surface area (Å²) < 4.78 is 17.6. The highest BCUT2D eigenvalue weighted by molar-refractivity contribution is 5.86. The van der Waals surface area contributed by atoms with Crippen molar-refractivity contribution in [3.8, 4) is 0 Å². The van der Waals surface area contributed by atoms with E-state index in [1.807, 2.05) is 13.0 Å². The number of para-hydroxylation sites is 1. The normalized spacial score (nSPS) is 27.0. The lowest BCUT2D eigenvalue weighted by Crippen LogP contribution is -2.51. The van der Waals surface area contributed by atoms with E-state index in [0.717, 1.165) is 30.6 Å². The molecule has 0 unspecified atom stereocenters. The number of esters is 1. The fourth-order valence-corrected chi connectivity index (χ4v) is 5.02. The molecule has 5 rings (SSSR count). The van der Waals surface area contributed by atoms with Gasteiger partial charge < -0.3 is 19.2 Å². The monoisotopic (exact) mass is 356 g/mol. The summed E-state index contributed by atoms with van der Waals surface area (Å²) in [7, 11) is 0. The number of aromatic amines is 1. The molecule has 3 heterocycles. The van der Waals surface area contributed by atoms with Gasteiger partial charge in [0.15, 0.2) is 0 Å². The van der Waals surface area contributed by atoms with Crippen LogP contribution in [0.25, 0.3) is 10.9 Å². The molecule has 3 aliphatic rings. The largest absolute Gasteiger partial charge is 0.465 e. The number of nitrogens with zero attached hydrogens (tertiary/aromatic N) is 1. The highest BCUT2D eigenvalue weighted by atomic mass is 16.7. The Morgan fingerprint density at radius 2 is 2.15 bits per heavy atom. The van der Waals surface area contributed by atoms with E-state index in [-0.39, 0.29) is 12.0 Å². The Balaban J connectivity index is 1.62. The molecule has 2 atom stereocenters. The number of aromatic nitrogens is 1. The molecular formula is C20H24N2O4. The Labute approximate surface area is 152 Å². The molecular weight excluding hydrogens is 332 g/mol. The second-order valence-corrected chi connectivity index (χ2v) is 7.34. The Hall–Kier alpha value is -1.89. The van der Waals surface area contributed by atoms with Crippen LogP contribution in [0.2, 0.25) is 0 Å². The van der Waals surface area contributed by atoms with Crippen molar-refractivity contribution < 1.29 is 19.0 Å². The van der Waals surface area contributed by atoms with E-state index in [0.29, 0.717) is 32.3 Å². The van der Waals surface area contributed by atoms with Gasteiger partial charge in [-0.15, -0.1) is 0 Å². The van der Waals surface area contributed by atoms with E-state index >= 15 is 0 Å². The maximum absolute atomic E-state index is 12.1. The van der Waals surface area contributed by atoms with E-state index in [2.05, 4.69) is 28.1 Å². The number of fused-ring (bicyclic) bond motifs is 8. The topological polar surface area (TPSA) is 63.8 Å². The summed E-state index contributed by atoms with van der Waals surface area (Å²) in [6, 6.07) is 8.52. The molecule has 1 aromatic heterocycles. The minimum Gasteiger partial charge on any atom is -0.465 e. The summed E-state index contributed by atoms with van der Waals surface area (Å²) in [5.41, 5.74) is 3.37. The van der Waals surface area contributed by atoms with Crippen molar-refractivity contribution in [3.63, 3.8) is 0 Å². The van der Waals surface area contributed by atoms with Crippen LogP contribution in [0, 0.1) is 5.92 Å². The predicted octanol–water partition coefficient (Wildman–Crippen LogP) is 2.70. The molecule has 1 N–H and O–H groups in total. The van der Waals surface area contributed by atoms with Crippen LogP contribution in [0.4, 0.5) is 0 Å². The first-order chi connectivity index (χ1) is 12.7. The smallest absolute Gasteiger partial charge is 0.320 e. The van der Waals surface area contributed by atoms with Gasteiger partial charge in [0, 0.05) is 28.4 Å². The van der Waals surface area contributed by atoms with Crippen molar-refractivity contribution in [1.82, 2.24) is 9.88 Å². The number of hydrogen-bond donors (Lipinski definition) is 1. The average molecular weight is 356 g/mol. The third-order valence-electron chi connectivity index (χ3n) is 6.03. The third kappa shape index (κ3) is 2.25. The van der Waals surface area contributed by atoms with E-state index < -0.39 is 5.79 Å². The Morgan fingerprint density at radius 3 is 2.96 bits per heavy atom. The van der Waals surface area contributed by atoms with Crippen molar-refractivity contribution in [2.75, 3.05) is 32.9 Å². The molecule has 6 nitrogen and oxygen atoms in total. The maximum atomic E-state index is 12.1. The zero-order valence-electron chi connectivity index (χ0n) is 15.0. The number of hydrogen-bond acceptors (Lipinski definition) is 5. The molecule has 1 aromatic carbocycles. The van der Waals surface area contributed by atoms with Crippen LogP contribution in [0.1, 0.15) is 37.1 Å². The number of benzene rings is 1. The van der Waals surface area contributed by atoms with Crippen molar-refractivity contribution in [2.45, 2.75) is 31.6 Å². The van der Waals surface area contributed by atoms with Gasteiger partial charge in [-0.05, 0) is 32.4 Å². The second-order valence-electron chi connectivity index (χ2n) is 7.34. The zero-order valence-corrected chi connectivity index (χ0v) is 15.0.